The normalized spacial score (nSPS) is 19.5. The molecule has 0 aliphatic heterocycles. The predicted octanol–water partition coefficient (Wildman–Crippen LogP) is 2.55. The van der Waals surface area contributed by atoms with Crippen molar-refractivity contribution in [1.29, 1.82) is 0 Å². The Morgan fingerprint density at radius 2 is 1.91 bits per heavy atom. The van der Waals surface area contributed by atoms with E-state index in [0.29, 0.717) is 5.92 Å². The Morgan fingerprint density at radius 3 is 2.36 bits per heavy atom. The van der Waals surface area contributed by atoms with Crippen molar-refractivity contribution in [2.45, 2.75) is 20.3 Å². The second-order valence-corrected chi connectivity index (χ2v) is 3.14. The minimum Gasteiger partial charge on any atom is -0.384 e. The van der Waals surface area contributed by atoms with E-state index < -0.39 is 0 Å². The first-order chi connectivity index (χ1) is 5.25. The summed E-state index contributed by atoms with van der Waals surface area (Å²) in [7, 11) is 1.76. The Labute approximate surface area is 68.8 Å². The average Bonchev–Trinajstić information content (AvgIpc) is 1.97. The highest BCUT2D eigenvalue weighted by molar-refractivity contribution is 5.24. The number of ether oxygens (including phenoxy) is 1. The summed E-state index contributed by atoms with van der Waals surface area (Å²) in [6.07, 6.45) is 5.64. The fraction of sp³-hybridized carbons (Fsp3) is 0.600. The molecule has 0 aromatic heterocycles. The van der Waals surface area contributed by atoms with Gasteiger partial charge < -0.3 is 4.74 Å². The van der Waals surface area contributed by atoms with Crippen LogP contribution in [0.1, 0.15) is 20.3 Å². The Balaban J connectivity index is 2.64. The molecule has 11 heavy (non-hydrogen) atoms. The van der Waals surface area contributed by atoms with Crippen LogP contribution >= 0.6 is 0 Å². The standard InChI is InChI=1S/C10H16O/c1-8-5-4-6-9(2)10(8)7-11-3/h5-6,10H,4,7H2,1-3H3. The Morgan fingerprint density at radius 1 is 1.36 bits per heavy atom. The van der Waals surface area contributed by atoms with Crippen molar-refractivity contribution >= 4 is 0 Å². The molecule has 1 rings (SSSR count). The smallest absolute Gasteiger partial charge is 0.0564 e. The van der Waals surface area contributed by atoms with Gasteiger partial charge in [-0.1, -0.05) is 23.3 Å². The highest BCUT2D eigenvalue weighted by Crippen LogP contribution is 2.25. The van der Waals surface area contributed by atoms with E-state index in [0.717, 1.165) is 13.0 Å². The summed E-state index contributed by atoms with van der Waals surface area (Å²) in [5.74, 6) is 0.536. The second kappa shape index (κ2) is 3.72. The van der Waals surface area contributed by atoms with Gasteiger partial charge in [-0.15, -0.1) is 0 Å². The third-order valence-electron chi connectivity index (χ3n) is 2.31. The average molecular weight is 152 g/mol. The van der Waals surface area contributed by atoms with Crippen LogP contribution < -0.4 is 0 Å². The maximum atomic E-state index is 5.14. The highest BCUT2D eigenvalue weighted by Gasteiger charge is 2.14. The molecule has 1 nitrogen and oxygen atoms in total. The quantitative estimate of drug-likeness (QED) is 0.552. The summed E-state index contributed by atoms with van der Waals surface area (Å²) >= 11 is 0. The van der Waals surface area contributed by atoms with Crippen LogP contribution in [-0.2, 0) is 4.74 Å². The number of hydrogen-bond acceptors (Lipinski definition) is 1. The lowest BCUT2D eigenvalue weighted by Crippen LogP contribution is -2.13. The van der Waals surface area contributed by atoms with Crippen LogP contribution in [0.3, 0.4) is 0 Å². The lowest BCUT2D eigenvalue weighted by Gasteiger charge is -2.21. The Kier molecular flexibility index (Phi) is 2.89. The van der Waals surface area contributed by atoms with Crippen LogP contribution in [0.4, 0.5) is 0 Å². The lowest BCUT2D eigenvalue weighted by atomic mass is 9.88. The first-order valence-electron chi connectivity index (χ1n) is 4.08. The maximum absolute atomic E-state index is 5.14. The van der Waals surface area contributed by atoms with Crippen LogP contribution in [-0.4, -0.2) is 13.7 Å². The third-order valence-corrected chi connectivity index (χ3v) is 2.31. The van der Waals surface area contributed by atoms with E-state index in [1.807, 2.05) is 0 Å². The van der Waals surface area contributed by atoms with E-state index in [1.54, 1.807) is 7.11 Å². The van der Waals surface area contributed by atoms with E-state index >= 15 is 0 Å². The number of allylic oxidation sites excluding steroid dienone is 2. The molecule has 0 atom stereocenters. The van der Waals surface area contributed by atoms with Gasteiger partial charge in [0.1, 0.15) is 0 Å². The monoisotopic (exact) mass is 152 g/mol. The first-order valence-corrected chi connectivity index (χ1v) is 4.08. The van der Waals surface area contributed by atoms with Crippen molar-refractivity contribution < 1.29 is 4.74 Å². The molecule has 0 aromatic rings. The summed E-state index contributed by atoms with van der Waals surface area (Å²) in [5.41, 5.74) is 2.90. The highest BCUT2D eigenvalue weighted by atomic mass is 16.5. The molecule has 0 unspecified atom stereocenters. The van der Waals surface area contributed by atoms with Crippen LogP contribution in [0.2, 0.25) is 0 Å². The molecule has 1 heteroatoms. The van der Waals surface area contributed by atoms with Crippen molar-refractivity contribution in [2.75, 3.05) is 13.7 Å². The summed E-state index contributed by atoms with van der Waals surface area (Å²) < 4.78 is 5.14. The van der Waals surface area contributed by atoms with Crippen LogP contribution in [0, 0.1) is 5.92 Å². The van der Waals surface area contributed by atoms with Gasteiger partial charge in [-0.25, -0.2) is 0 Å². The number of hydrogen-bond donors (Lipinski definition) is 0. The van der Waals surface area contributed by atoms with Gasteiger partial charge in [0, 0.05) is 13.0 Å². The van der Waals surface area contributed by atoms with E-state index in [-0.39, 0.29) is 0 Å². The zero-order chi connectivity index (χ0) is 8.27. The fourth-order valence-electron chi connectivity index (χ4n) is 1.50. The SMILES string of the molecule is COCC1C(C)=CCC=C1C. The van der Waals surface area contributed by atoms with Crippen molar-refractivity contribution in [3.8, 4) is 0 Å². The van der Waals surface area contributed by atoms with Gasteiger partial charge in [0.05, 0.1) is 6.61 Å². The third kappa shape index (κ3) is 1.93. The predicted molar refractivity (Wildman–Crippen MR) is 47.5 cm³/mol. The Hall–Kier alpha value is -0.560. The molecule has 0 radical (unpaired) electrons. The summed E-state index contributed by atoms with van der Waals surface area (Å²) in [4.78, 5) is 0. The molecule has 0 aromatic carbocycles. The molecular formula is C10H16O. The Bertz CT molecular complexity index is 171. The minimum atomic E-state index is 0.536. The molecule has 0 saturated carbocycles. The van der Waals surface area contributed by atoms with E-state index in [1.165, 1.54) is 11.1 Å². The van der Waals surface area contributed by atoms with Crippen molar-refractivity contribution in [3.63, 3.8) is 0 Å². The van der Waals surface area contributed by atoms with E-state index in [9.17, 15) is 0 Å². The molecule has 0 fully saturated rings. The molecule has 0 spiro atoms. The topological polar surface area (TPSA) is 9.23 Å². The van der Waals surface area contributed by atoms with Crippen molar-refractivity contribution in [1.82, 2.24) is 0 Å². The van der Waals surface area contributed by atoms with Crippen LogP contribution in [0.15, 0.2) is 23.3 Å². The first kappa shape index (κ1) is 8.54. The zero-order valence-corrected chi connectivity index (χ0v) is 7.55. The molecule has 0 amide bonds. The number of rotatable bonds is 2. The molecule has 0 saturated heterocycles. The van der Waals surface area contributed by atoms with Crippen molar-refractivity contribution in [3.05, 3.63) is 23.3 Å². The molecule has 0 heterocycles. The van der Waals surface area contributed by atoms with Gasteiger partial charge in [0.2, 0.25) is 0 Å². The largest absolute Gasteiger partial charge is 0.384 e. The van der Waals surface area contributed by atoms with Gasteiger partial charge in [0.25, 0.3) is 0 Å². The van der Waals surface area contributed by atoms with E-state index in [4.69, 9.17) is 4.74 Å². The van der Waals surface area contributed by atoms with Crippen molar-refractivity contribution in [2.24, 2.45) is 5.92 Å². The second-order valence-electron chi connectivity index (χ2n) is 3.14. The van der Waals surface area contributed by atoms with Gasteiger partial charge in [-0.2, -0.15) is 0 Å². The minimum absolute atomic E-state index is 0.536. The molecular weight excluding hydrogens is 136 g/mol. The molecule has 0 N–H and O–H groups in total. The summed E-state index contributed by atoms with van der Waals surface area (Å²) in [6.45, 7) is 5.19. The van der Waals surface area contributed by atoms with Gasteiger partial charge in [-0.3, -0.25) is 0 Å². The van der Waals surface area contributed by atoms with Crippen LogP contribution in [0.5, 0.6) is 0 Å². The van der Waals surface area contributed by atoms with Gasteiger partial charge in [-0.05, 0) is 20.3 Å². The van der Waals surface area contributed by atoms with Gasteiger partial charge >= 0.3 is 0 Å². The molecule has 1 aliphatic rings. The number of methoxy groups -OCH3 is 1. The van der Waals surface area contributed by atoms with Crippen LogP contribution in [0.25, 0.3) is 0 Å². The molecule has 0 bridgehead atoms. The van der Waals surface area contributed by atoms with Gasteiger partial charge in [0.15, 0.2) is 0 Å². The van der Waals surface area contributed by atoms with E-state index in [2.05, 4.69) is 26.0 Å². The molecule has 62 valence electrons. The summed E-state index contributed by atoms with van der Waals surface area (Å²) in [5, 5.41) is 0. The maximum Gasteiger partial charge on any atom is 0.0564 e. The fourth-order valence-corrected chi connectivity index (χ4v) is 1.50. The summed E-state index contributed by atoms with van der Waals surface area (Å²) in [6, 6.07) is 0. The molecule has 1 aliphatic carbocycles. The lowest BCUT2D eigenvalue weighted by molar-refractivity contribution is 0.176. The zero-order valence-electron chi connectivity index (χ0n) is 7.55.